The summed E-state index contributed by atoms with van der Waals surface area (Å²) in [6, 6.07) is 12.9. The summed E-state index contributed by atoms with van der Waals surface area (Å²) in [5, 5.41) is 2.73. The van der Waals surface area contributed by atoms with Gasteiger partial charge in [0.1, 0.15) is 11.3 Å². The van der Waals surface area contributed by atoms with Gasteiger partial charge >= 0.3 is 5.97 Å². The van der Waals surface area contributed by atoms with Gasteiger partial charge in [-0.3, -0.25) is 4.79 Å². The van der Waals surface area contributed by atoms with E-state index in [-0.39, 0.29) is 12.5 Å². The zero-order chi connectivity index (χ0) is 19.6. The zero-order valence-corrected chi connectivity index (χ0v) is 16.7. The molecule has 0 bridgehead atoms. The van der Waals surface area contributed by atoms with Gasteiger partial charge < -0.3 is 14.8 Å². The van der Waals surface area contributed by atoms with Crippen molar-refractivity contribution in [3.63, 3.8) is 0 Å². The summed E-state index contributed by atoms with van der Waals surface area (Å²) < 4.78 is 10.4. The maximum atomic E-state index is 12.2. The van der Waals surface area contributed by atoms with Crippen molar-refractivity contribution < 1.29 is 19.1 Å². The van der Waals surface area contributed by atoms with Crippen LogP contribution in [-0.2, 0) is 16.0 Å². The number of hydrogen-bond donors (Lipinski definition) is 1. The average Bonchev–Trinajstić information content (AvgIpc) is 2.71. The van der Waals surface area contributed by atoms with E-state index in [9.17, 15) is 9.59 Å². The van der Waals surface area contributed by atoms with Crippen LogP contribution in [0.25, 0.3) is 0 Å². The molecule has 144 valence electrons. The summed E-state index contributed by atoms with van der Waals surface area (Å²) in [6.07, 6.45) is 5.25. The maximum absolute atomic E-state index is 12.2. The molecule has 1 amide bonds. The van der Waals surface area contributed by atoms with Gasteiger partial charge in [-0.1, -0.05) is 25.5 Å². The van der Waals surface area contributed by atoms with Gasteiger partial charge in [0.2, 0.25) is 0 Å². The first-order valence-corrected chi connectivity index (χ1v) is 10.1. The minimum atomic E-state index is -0.593. The lowest BCUT2D eigenvalue weighted by Gasteiger charge is -2.10. The second-order valence-electron chi connectivity index (χ2n) is 5.99. The van der Waals surface area contributed by atoms with Gasteiger partial charge in [0.25, 0.3) is 5.91 Å². The number of amides is 1. The third-order valence-electron chi connectivity index (χ3n) is 4.02. The normalized spacial score (nSPS) is 10.3. The summed E-state index contributed by atoms with van der Waals surface area (Å²) in [7, 11) is 1.49. The summed E-state index contributed by atoms with van der Waals surface area (Å²) in [5.41, 5.74) is 2.21. The molecule has 2 aromatic rings. The van der Waals surface area contributed by atoms with Gasteiger partial charge in [0.05, 0.1) is 7.11 Å². The molecule has 2 aromatic carbocycles. The van der Waals surface area contributed by atoms with Crippen molar-refractivity contribution in [3.05, 3.63) is 53.6 Å². The predicted molar refractivity (Wildman–Crippen MR) is 109 cm³/mol. The highest BCUT2D eigenvalue weighted by Crippen LogP contribution is 2.25. The van der Waals surface area contributed by atoms with Gasteiger partial charge in [-0.05, 0) is 55.0 Å². The van der Waals surface area contributed by atoms with Crippen molar-refractivity contribution in [2.24, 2.45) is 0 Å². The average molecular weight is 388 g/mol. The molecule has 0 spiro atoms. The molecule has 0 saturated heterocycles. The molecule has 0 aliphatic carbocycles. The standard InChI is InChI=1S/C21H25NO4S/c1-4-5-6-15-7-9-16(10-8-15)22-20(23)14-26-21(24)18-12-11-17(27-3)13-19(18)25-2/h7-13H,4-6,14H2,1-3H3,(H,22,23). The third kappa shape index (κ3) is 6.32. The first-order chi connectivity index (χ1) is 13.1. The number of methoxy groups -OCH3 is 1. The molecule has 0 radical (unpaired) electrons. The van der Waals surface area contributed by atoms with E-state index >= 15 is 0 Å². The highest BCUT2D eigenvalue weighted by molar-refractivity contribution is 7.98. The fourth-order valence-electron chi connectivity index (χ4n) is 2.51. The zero-order valence-electron chi connectivity index (χ0n) is 15.9. The minimum Gasteiger partial charge on any atom is -0.496 e. The molecule has 2 rings (SSSR count). The number of nitrogens with one attached hydrogen (secondary N) is 1. The topological polar surface area (TPSA) is 64.6 Å². The lowest BCUT2D eigenvalue weighted by atomic mass is 10.1. The quantitative estimate of drug-likeness (QED) is 0.505. The molecule has 0 heterocycles. The third-order valence-corrected chi connectivity index (χ3v) is 4.75. The van der Waals surface area contributed by atoms with E-state index < -0.39 is 5.97 Å². The molecule has 0 saturated carbocycles. The van der Waals surface area contributed by atoms with Crippen LogP contribution in [-0.4, -0.2) is 31.8 Å². The lowest BCUT2D eigenvalue weighted by Crippen LogP contribution is -2.21. The number of ether oxygens (including phenoxy) is 2. The number of carbonyl (C=O) groups is 2. The van der Waals surface area contributed by atoms with E-state index in [4.69, 9.17) is 9.47 Å². The molecule has 0 fully saturated rings. The van der Waals surface area contributed by atoms with Gasteiger partial charge in [0, 0.05) is 10.6 Å². The van der Waals surface area contributed by atoms with Crippen LogP contribution in [0.5, 0.6) is 5.75 Å². The number of carbonyl (C=O) groups excluding carboxylic acids is 2. The number of esters is 1. The lowest BCUT2D eigenvalue weighted by molar-refractivity contribution is -0.119. The van der Waals surface area contributed by atoms with Crippen molar-refractivity contribution in [3.8, 4) is 5.75 Å². The van der Waals surface area contributed by atoms with Crippen LogP contribution in [0.4, 0.5) is 5.69 Å². The summed E-state index contributed by atoms with van der Waals surface area (Å²) in [4.78, 5) is 25.2. The van der Waals surface area contributed by atoms with Crippen LogP contribution >= 0.6 is 11.8 Å². The number of unbranched alkanes of at least 4 members (excludes halogenated alkanes) is 1. The van der Waals surface area contributed by atoms with E-state index in [0.717, 1.165) is 24.2 Å². The van der Waals surface area contributed by atoms with Crippen LogP contribution in [0.3, 0.4) is 0 Å². The van der Waals surface area contributed by atoms with Crippen LogP contribution in [0.2, 0.25) is 0 Å². The Hall–Kier alpha value is -2.47. The molecule has 0 atom stereocenters. The smallest absolute Gasteiger partial charge is 0.342 e. The number of aryl methyl sites for hydroxylation is 1. The fraction of sp³-hybridized carbons (Fsp3) is 0.333. The van der Waals surface area contributed by atoms with E-state index in [2.05, 4.69) is 12.2 Å². The van der Waals surface area contributed by atoms with Crippen molar-refractivity contribution >= 4 is 29.3 Å². The Kier molecular flexibility index (Phi) is 8.20. The van der Waals surface area contributed by atoms with E-state index in [1.807, 2.05) is 36.6 Å². The predicted octanol–water partition coefficient (Wildman–Crippen LogP) is 4.56. The Labute approximate surface area is 164 Å². The molecule has 27 heavy (non-hydrogen) atoms. The Morgan fingerprint density at radius 2 is 1.85 bits per heavy atom. The van der Waals surface area contributed by atoms with Gasteiger partial charge in [-0.25, -0.2) is 4.79 Å². The van der Waals surface area contributed by atoms with Crippen LogP contribution in [0, 0.1) is 0 Å². The highest BCUT2D eigenvalue weighted by atomic mass is 32.2. The Bertz CT molecular complexity index is 774. The highest BCUT2D eigenvalue weighted by Gasteiger charge is 2.16. The minimum absolute atomic E-state index is 0.295. The molecular formula is C21H25NO4S. The molecule has 0 aliphatic rings. The molecule has 0 aliphatic heterocycles. The number of hydrogen-bond acceptors (Lipinski definition) is 5. The van der Waals surface area contributed by atoms with Crippen molar-refractivity contribution in [2.75, 3.05) is 25.3 Å². The Morgan fingerprint density at radius 1 is 1.11 bits per heavy atom. The van der Waals surface area contributed by atoms with Crippen molar-refractivity contribution in [1.82, 2.24) is 0 Å². The van der Waals surface area contributed by atoms with E-state index in [1.54, 1.807) is 23.9 Å². The molecule has 6 heteroatoms. The van der Waals surface area contributed by atoms with Crippen LogP contribution in [0.1, 0.15) is 35.7 Å². The number of benzene rings is 2. The fourth-order valence-corrected chi connectivity index (χ4v) is 2.94. The summed E-state index contributed by atoms with van der Waals surface area (Å²) >= 11 is 1.55. The number of thioether (sulfide) groups is 1. The number of anilines is 1. The summed E-state index contributed by atoms with van der Waals surface area (Å²) in [6.45, 7) is 1.80. The largest absolute Gasteiger partial charge is 0.496 e. The van der Waals surface area contributed by atoms with Crippen LogP contribution in [0.15, 0.2) is 47.4 Å². The first-order valence-electron chi connectivity index (χ1n) is 8.85. The van der Waals surface area contributed by atoms with Gasteiger partial charge in [-0.2, -0.15) is 0 Å². The summed E-state index contributed by atoms with van der Waals surface area (Å²) in [5.74, 6) is -0.552. The Balaban J connectivity index is 1.88. The Morgan fingerprint density at radius 3 is 2.48 bits per heavy atom. The molecular weight excluding hydrogens is 362 g/mol. The van der Waals surface area contributed by atoms with Gasteiger partial charge in [0.15, 0.2) is 6.61 Å². The monoisotopic (exact) mass is 387 g/mol. The van der Waals surface area contributed by atoms with Crippen molar-refractivity contribution in [2.45, 2.75) is 31.1 Å². The van der Waals surface area contributed by atoms with E-state index in [1.165, 1.54) is 12.7 Å². The van der Waals surface area contributed by atoms with Gasteiger partial charge in [-0.15, -0.1) is 11.8 Å². The molecule has 5 nitrogen and oxygen atoms in total. The molecule has 0 aromatic heterocycles. The first kappa shape index (κ1) is 20.8. The van der Waals surface area contributed by atoms with E-state index in [0.29, 0.717) is 17.0 Å². The maximum Gasteiger partial charge on any atom is 0.342 e. The second kappa shape index (κ2) is 10.6. The van der Waals surface area contributed by atoms with Crippen molar-refractivity contribution in [1.29, 1.82) is 0 Å². The second-order valence-corrected chi connectivity index (χ2v) is 6.87. The van der Waals surface area contributed by atoms with Crippen LogP contribution < -0.4 is 10.1 Å². The number of rotatable bonds is 9. The molecule has 1 N–H and O–H groups in total. The SMILES string of the molecule is CCCCc1ccc(NC(=O)COC(=O)c2ccc(SC)cc2OC)cc1. The molecule has 0 unspecified atom stereocenters.